The fourth-order valence-electron chi connectivity index (χ4n) is 4.55. The van der Waals surface area contributed by atoms with E-state index in [1.807, 2.05) is 24.3 Å². The van der Waals surface area contributed by atoms with Crippen molar-refractivity contribution in [3.05, 3.63) is 51.4 Å². The van der Waals surface area contributed by atoms with Crippen LogP contribution in [0.1, 0.15) is 65.5 Å². The number of carbonyl (C=O) groups excluding carboxylic acids is 4. The van der Waals surface area contributed by atoms with Gasteiger partial charge in [-0.3, -0.25) is 14.5 Å². The summed E-state index contributed by atoms with van der Waals surface area (Å²) in [6.45, 7) is 5.26. The lowest BCUT2D eigenvalue weighted by molar-refractivity contribution is -0.133. The fraction of sp³-hybridized carbons (Fsp3) is 0.440. The van der Waals surface area contributed by atoms with Gasteiger partial charge in [0.05, 0.1) is 12.2 Å². The van der Waals surface area contributed by atoms with Crippen LogP contribution in [0.2, 0.25) is 0 Å². The molecule has 1 fully saturated rings. The average Bonchev–Trinajstić information content (AvgIpc) is 3.43. The second-order valence-corrected chi connectivity index (χ2v) is 9.83. The lowest BCUT2D eigenvalue weighted by Crippen LogP contribution is -2.42. The summed E-state index contributed by atoms with van der Waals surface area (Å²) in [6, 6.07) is 6.95. The number of ether oxygens (including phenoxy) is 1. The third kappa shape index (κ3) is 4.32. The Balaban J connectivity index is 1.49. The number of hydrogen-bond acceptors (Lipinski definition) is 6. The topological polar surface area (TPSA) is 105 Å². The highest BCUT2D eigenvalue weighted by atomic mass is 32.1. The van der Waals surface area contributed by atoms with E-state index in [2.05, 4.69) is 17.6 Å². The van der Waals surface area contributed by atoms with Gasteiger partial charge in [-0.15, -0.1) is 11.3 Å². The predicted octanol–water partition coefficient (Wildman–Crippen LogP) is 3.77. The van der Waals surface area contributed by atoms with Gasteiger partial charge >= 0.3 is 12.0 Å². The van der Waals surface area contributed by atoms with Crippen LogP contribution < -0.4 is 10.6 Å². The summed E-state index contributed by atoms with van der Waals surface area (Å²) < 4.78 is 5.19. The summed E-state index contributed by atoms with van der Waals surface area (Å²) in [4.78, 5) is 53.2. The smallest absolute Gasteiger partial charge is 0.341 e. The average molecular weight is 484 g/mol. The number of benzene rings is 1. The minimum Gasteiger partial charge on any atom is -0.462 e. The molecule has 4 rings (SSSR count). The molecule has 1 aliphatic heterocycles. The molecule has 1 aliphatic carbocycles. The van der Waals surface area contributed by atoms with Gasteiger partial charge in [-0.2, -0.15) is 0 Å². The Bertz CT molecular complexity index is 1140. The molecule has 34 heavy (non-hydrogen) atoms. The Morgan fingerprint density at radius 3 is 2.59 bits per heavy atom. The molecule has 0 spiro atoms. The van der Waals surface area contributed by atoms with Crippen LogP contribution in [0.3, 0.4) is 0 Å². The zero-order chi connectivity index (χ0) is 24.5. The zero-order valence-electron chi connectivity index (χ0n) is 19.7. The lowest BCUT2D eigenvalue weighted by atomic mass is 9.91. The minimum atomic E-state index is -1.25. The third-order valence-corrected chi connectivity index (χ3v) is 7.51. The van der Waals surface area contributed by atoms with Gasteiger partial charge in [-0.1, -0.05) is 37.6 Å². The molecule has 2 aliphatic rings. The number of imide groups is 1. The largest absolute Gasteiger partial charge is 0.462 e. The molecule has 2 N–H and O–H groups in total. The van der Waals surface area contributed by atoms with Crippen molar-refractivity contribution in [1.29, 1.82) is 0 Å². The first-order chi connectivity index (χ1) is 16.3. The minimum absolute atomic E-state index is 0.233. The molecule has 8 nitrogen and oxygen atoms in total. The number of urea groups is 1. The van der Waals surface area contributed by atoms with Crippen LogP contribution in [0.4, 0.5) is 9.80 Å². The van der Waals surface area contributed by atoms with Crippen molar-refractivity contribution < 1.29 is 23.9 Å². The van der Waals surface area contributed by atoms with Gasteiger partial charge in [0.25, 0.3) is 5.91 Å². The molecule has 180 valence electrons. The molecular weight excluding hydrogens is 454 g/mol. The molecule has 2 heterocycles. The molecule has 1 atom stereocenters. The highest BCUT2D eigenvalue weighted by molar-refractivity contribution is 7.17. The molecule has 1 saturated heterocycles. The number of thiophene rings is 1. The molecule has 1 unspecified atom stereocenters. The van der Waals surface area contributed by atoms with E-state index in [4.69, 9.17) is 4.74 Å². The molecule has 9 heteroatoms. The maximum absolute atomic E-state index is 13.2. The Morgan fingerprint density at radius 2 is 1.91 bits per heavy atom. The number of nitrogens with one attached hydrogen (secondary N) is 2. The summed E-state index contributed by atoms with van der Waals surface area (Å²) >= 11 is 1.36. The molecule has 2 aromatic rings. The van der Waals surface area contributed by atoms with Gasteiger partial charge in [0, 0.05) is 4.88 Å². The van der Waals surface area contributed by atoms with Gasteiger partial charge < -0.3 is 15.4 Å². The number of amides is 4. The standard InChI is InChI=1S/C25H29N3O5S/c1-4-7-15-10-12-16(13-11-15)25(3)23(31)28(24(32)27-25)14-19(29)26-21-20(22(30)33-5-2)17-8-6-9-18(17)34-21/h10-13H,4-9,14H2,1-3H3,(H,26,29)(H,27,32). The number of rotatable bonds is 8. The monoisotopic (exact) mass is 483 g/mol. The zero-order valence-corrected chi connectivity index (χ0v) is 20.5. The van der Waals surface area contributed by atoms with Crippen LogP contribution in [0.25, 0.3) is 0 Å². The number of fused-ring (bicyclic) bond motifs is 1. The normalized spacial score (nSPS) is 19.2. The van der Waals surface area contributed by atoms with Crippen molar-refractivity contribution in [2.24, 2.45) is 0 Å². The first-order valence-electron chi connectivity index (χ1n) is 11.6. The summed E-state index contributed by atoms with van der Waals surface area (Å²) in [5.41, 5.74) is 1.88. The van der Waals surface area contributed by atoms with Crippen molar-refractivity contribution in [1.82, 2.24) is 10.2 Å². The third-order valence-electron chi connectivity index (χ3n) is 6.30. The van der Waals surface area contributed by atoms with Crippen LogP contribution in [-0.4, -0.2) is 41.9 Å². The number of hydrogen-bond donors (Lipinski definition) is 2. The highest BCUT2D eigenvalue weighted by Gasteiger charge is 2.49. The molecule has 1 aromatic heterocycles. The van der Waals surface area contributed by atoms with Crippen molar-refractivity contribution >= 4 is 40.2 Å². The SMILES string of the molecule is CCCc1ccc(C2(C)NC(=O)N(CC(=O)Nc3sc4c(c3C(=O)OCC)CCC4)C2=O)cc1. The second-order valence-electron chi connectivity index (χ2n) is 8.72. The Hall–Kier alpha value is -3.20. The van der Waals surface area contributed by atoms with Crippen molar-refractivity contribution in [2.75, 3.05) is 18.5 Å². The summed E-state index contributed by atoms with van der Waals surface area (Å²) in [5, 5.41) is 5.88. The first-order valence-corrected chi connectivity index (χ1v) is 12.4. The first kappa shape index (κ1) is 23.9. The number of nitrogens with zero attached hydrogens (tertiary/aromatic N) is 1. The van der Waals surface area contributed by atoms with Crippen LogP contribution in [0, 0.1) is 0 Å². The second kappa shape index (κ2) is 9.58. The molecule has 0 bridgehead atoms. The molecule has 1 aromatic carbocycles. The van der Waals surface area contributed by atoms with E-state index in [-0.39, 0.29) is 6.61 Å². The van der Waals surface area contributed by atoms with Gasteiger partial charge in [0.2, 0.25) is 5.91 Å². The van der Waals surface area contributed by atoms with Gasteiger partial charge in [-0.05, 0) is 56.2 Å². The number of aryl methyl sites for hydroxylation is 2. The van der Waals surface area contributed by atoms with Crippen molar-refractivity contribution in [2.45, 2.75) is 58.4 Å². The quantitative estimate of drug-likeness (QED) is 0.439. The Kier molecular flexibility index (Phi) is 6.74. The van der Waals surface area contributed by atoms with Gasteiger partial charge in [0.15, 0.2) is 0 Å². The molecule has 0 radical (unpaired) electrons. The van der Waals surface area contributed by atoms with E-state index >= 15 is 0 Å². The van der Waals surface area contributed by atoms with Crippen LogP contribution >= 0.6 is 11.3 Å². The van der Waals surface area contributed by atoms with E-state index in [1.165, 1.54) is 11.3 Å². The van der Waals surface area contributed by atoms with E-state index in [0.29, 0.717) is 16.1 Å². The number of anilines is 1. The predicted molar refractivity (Wildman–Crippen MR) is 129 cm³/mol. The number of esters is 1. The highest BCUT2D eigenvalue weighted by Crippen LogP contribution is 2.39. The lowest BCUT2D eigenvalue weighted by Gasteiger charge is -2.22. The van der Waals surface area contributed by atoms with Gasteiger partial charge in [-0.25, -0.2) is 9.59 Å². The van der Waals surface area contributed by atoms with Crippen LogP contribution in [0.15, 0.2) is 24.3 Å². The summed E-state index contributed by atoms with van der Waals surface area (Å²) in [7, 11) is 0. The molecular formula is C25H29N3O5S. The molecule has 0 saturated carbocycles. The van der Waals surface area contributed by atoms with E-state index in [9.17, 15) is 19.2 Å². The van der Waals surface area contributed by atoms with Gasteiger partial charge in [0.1, 0.15) is 17.1 Å². The van der Waals surface area contributed by atoms with Crippen LogP contribution in [-0.2, 0) is 39.1 Å². The number of carbonyl (C=O) groups is 4. The van der Waals surface area contributed by atoms with Crippen LogP contribution in [0.5, 0.6) is 0 Å². The Labute approximate surface area is 202 Å². The Morgan fingerprint density at radius 1 is 1.18 bits per heavy atom. The fourth-order valence-corrected chi connectivity index (χ4v) is 5.84. The van der Waals surface area contributed by atoms with E-state index in [1.54, 1.807) is 13.8 Å². The maximum atomic E-state index is 13.2. The summed E-state index contributed by atoms with van der Waals surface area (Å²) in [5.74, 6) is -1.50. The molecule has 4 amide bonds. The summed E-state index contributed by atoms with van der Waals surface area (Å²) in [6.07, 6.45) is 4.52. The maximum Gasteiger partial charge on any atom is 0.341 e. The van der Waals surface area contributed by atoms with Crippen molar-refractivity contribution in [3.8, 4) is 0 Å². The van der Waals surface area contributed by atoms with Crippen molar-refractivity contribution in [3.63, 3.8) is 0 Å². The van der Waals surface area contributed by atoms with E-state index in [0.717, 1.165) is 53.0 Å². The van der Waals surface area contributed by atoms with E-state index < -0.39 is 35.9 Å².